The van der Waals surface area contributed by atoms with Crippen LogP contribution in [0.1, 0.15) is 11.1 Å². The van der Waals surface area contributed by atoms with Crippen molar-refractivity contribution in [2.75, 3.05) is 0 Å². The van der Waals surface area contributed by atoms with Gasteiger partial charge in [-0.05, 0) is 192 Å². The zero-order valence-electron chi connectivity index (χ0n) is 34.5. The van der Waals surface area contributed by atoms with Crippen molar-refractivity contribution in [3.8, 4) is 55.6 Å². The van der Waals surface area contributed by atoms with Crippen LogP contribution < -0.4 is 0 Å². The van der Waals surface area contributed by atoms with Gasteiger partial charge in [0.15, 0.2) is 0 Å². The minimum atomic E-state index is 1.23. The van der Waals surface area contributed by atoms with Crippen LogP contribution in [0.4, 0.5) is 0 Å². The van der Waals surface area contributed by atoms with Crippen LogP contribution >= 0.6 is 0 Å². The molecule has 0 saturated carbocycles. The fourth-order valence-electron chi connectivity index (χ4n) is 11.3. The third-order valence-corrected chi connectivity index (χ3v) is 14.2. The van der Waals surface area contributed by atoms with Gasteiger partial charge >= 0.3 is 0 Å². The molecule has 0 heterocycles. The van der Waals surface area contributed by atoms with Crippen LogP contribution in [0.2, 0.25) is 0 Å². The quantitative estimate of drug-likeness (QED) is 0.124. The second-order valence-corrected chi connectivity index (χ2v) is 17.7. The molecule has 0 amide bonds. The molecule has 286 valence electrons. The summed E-state index contributed by atoms with van der Waals surface area (Å²) < 4.78 is 0. The summed E-state index contributed by atoms with van der Waals surface area (Å²) in [5, 5.41) is 20.8. The first-order valence-corrected chi connectivity index (χ1v) is 21.8. The molecule has 0 heteroatoms. The fraction of sp³-hybridized carbons (Fsp3) is 0.0323. The predicted molar refractivity (Wildman–Crippen MR) is 268 cm³/mol. The van der Waals surface area contributed by atoms with Gasteiger partial charge in [-0.2, -0.15) is 0 Å². The molecular weight excluding hydrogens is 745 g/mol. The van der Waals surface area contributed by atoms with E-state index in [4.69, 9.17) is 0 Å². The van der Waals surface area contributed by atoms with E-state index in [0.29, 0.717) is 0 Å². The van der Waals surface area contributed by atoms with Crippen LogP contribution in [-0.2, 0) is 0 Å². The van der Waals surface area contributed by atoms with Crippen molar-refractivity contribution in [2.24, 2.45) is 0 Å². The molecule has 0 saturated heterocycles. The molecule has 0 bridgehead atoms. The van der Waals surface area contributed by atoms with E-state index < -0.39 is 0 Å². The highest BCUT2D eigenvalue weighted by Crippen LogP contribution is 2.60. The molecule has 0 unspecified atom stereocenters. The Balaban J connectivity index is 1.23. The second-order valence-electron chi connectivity index (χ2n) is 17.7. The van der Waals surface area contributed by atoms with Crippen molar-refractivity contribution in [3.05, 3.63) is 205 Å². The minimum absolute atomic E-state index is 1.23. The number of fused-ring (bicyclic) bond motifs is 11. The van der Waals surface area contributed by atoms with Gasteiger partial charge in [-0.1, -0.05) is 169 Å². The van der Waals surface area contributed by atoms with Crippen molar-refractivity contribution < 1.29 is 0 Å². The fourth-order valence-corrected chi connectivity index (χ4v) is 11.3. The number of aryl methyl sites for hydroxylation is 2. The summed E-state index contributed by atoms with van der Waals surface area (Å²) in [7, 11) is 0. The maximum Gasteiger partial charge on any atom is -0.000719 e. The van der Waals surface area contributed by atoms with Gasteiger partial charge in [0, 0.05) is 0 Å². The Kier molecular flexibility index (Phi) is 6.78. The van der Waals surface area contributed by atoms with Crippen molar-refractivity contribution in [1.82, 2.24) is 0 Å². The zero-order valence-corrected chi connectivity index (χ0v) is 34.5. The number of rotatable bonds is 3. The molecule has 0 aliphatic heterocycles. The Morgan fingerprint density at radius 2 is 0.726 bits per heavy atom. The van der Waals surface area contributed by atoms with Crippen molar-refractivity contribution in [2.45, 2.75) is 13.8 Å². The molecule has 13 aromatic rings. The molecule has 13 aromatic carbocycles. The SMILES string of the molecule is Cc1ccc(-c2c3c(c(-c4ccc(C)cc4)c4cc5c6cc7ccccc7cc6c6cc(-c7ccccc7)ccc6c5cc24)-c2ccc4ccc5cccc6cc-3c2c4c56)cc1. The van der Waals surface area contributed by atoms with E-state index in [0.717, 1.165) is 0 Å². The van der Waals surface area contributed by atoms with E-state index in [2.05, 4.69) is 208 Å². The van der Waals surface area contributed by atoms with Gasteiger partial charge in [0.05, 0.1) is 0 Å². The number of benzene rings is 13. The Morgan fingerprint density at radius 3 is 1.39 bits per heavy atom. The maximum atomic E-state index is 2.56. The Labute approximate surface area is 359 Å². The molecule has 1 aliphatic rings. The topological polar surface area (TPSA) is 0 Å². The minimum Gasteiger partial charge on any atom is -0.0622 e. The first kappa shape index (κ1) is 34.0. The monoisotopic (exact) mass is 782 g/mol. The second kappa shape index (κ2) is 12.4. The molecule has 0 spiro atoms. The largest absolute Gasteiger partial charge is 0.0622 e. The van der Waals surface area contributed by atoms with Crippen molar-refractivity contribution in [3.63, 3.8) is 0 Å². The lowest BCUT2D eigenvalue weighted by Gasteiger charge is -2.22. The lowest BCUT2D eigenvalue weighted by Crippen LogP contribution is -1.95. The van der Waals surface area contributed by atoms with Crippen molar-refractivity contribution in [1.29, 1.82) is 0 Å². The van der Waals surface area contributed by atoms with Gasteiger partial charge in [-0.15, -0.1) is 0 Å². The van der Waals surface area contributed by atoms with E-state index in [-0.39, 0.29) is 0 Å². The Bertz CT molecular complexity index is 4060. The summed E-state index contributed by atoms with van der Waals surface area (Å²) in [5.74, 6) is 0. The summed E-state index contributed by atoms with van der Waals surface area (Å²) in [6.07, 6.45) is 0. The molecule has 0 fully saturated rings. The number of hydrogen-bond donors (Lipinski definition) is 0. The third kappa shape index (κ3) is 4.61. The van der Waals surface area contributed by atoms with Gasteiger partial charge in [-0.25, -0.2) is 0 Å². The predicted octanol–water partition coefficient (Wildman–Crippen LogP) is 17.6. The van der Waals surface area contributed by atoms with E-state index >= 15 is 0 Å². The number of hydrogen-bond acceptors (Lipinski definition) is 0. The standard InChI is InChI=1S/C62H38/c1-35-15-19-39(20-16-35)57-54-34-52-50-30-43-12-7-6-11-42(43)29-49(50)48-31-44(37-9-4-3-5-10-37)26-27-46(48)51(52)33-53(54)58(40-21-17-36(2)18-22-40)62-55-32-45-14-8-13-38-23-24-41-25-28-47(61(57)62)60(55)59(41)56(38)45/h3-34H,1-2H3. The Morgan fingerprint density at radius 1 is 0.226 bits per heavy atom. The van der Waals surface area contributed by atoms with E-state index in [1.807, 2.05) is 0 Å². The lowest BCUT2D eigenvalue weighted by atomic mass is 9.80. The molecule has 62 heavy (non-hydrogen) atoms. The third-order valence-electron chi connectivity index (χ3n) is 14.2. The average molecular weight is 783 g/mol. The summed E-state index contributed by atoms with van der Waals surface area (Å²) >= 11 is 0. The van der Waals surface area contributed by atoms with Gasteiger partial charge in [-0.3, -0.25) is 0 Å². The summed E-state index contributed by atoms with van der Waals surface area (Å²) in [5.41, 5.74) is 15.4. The van der Waals surface area contributed by atoms with Crippen molar-refractivity contribution >= 4 is 86.2 Å². The first-order valence-electron chi connectivity index (χ1n) is 21.8. The smallest absolute Gasteiger partial charge is 0.000719 e. The molecule has 0 radical (unpaired) electrons. The maximum absolute atomic E-state index is 2.56. The molecule has 0 nitrogen and oxygen atoms in total. The van der Waals surface area contributed by atoms with E-state index in [1.54, 1.807) is 0 Å². The van der Waals surface area contributed by atoms with Crippen LogP contribution in [0, 0.1) is 13.8 Å². The van der Waals surface area contributed by atoms with Gasteiger partial charge < -0.3 is 0 Å². The normalized spacial score (nSPS) is 12.4. The molecular formula is C62H38. The summed E-state index contributed by atoms with van der Waals surface area (Å²) in [6.45, 7) is 4.39. The lowest BCUT2D eigenvalue weighted by molar-refractivity contribution is 1.47. The molecule has 1 aliphatic carbocycles. The van der Waals surface area contributed by atoms with Crippen LogP contribution in [0.15, 0.2) is 194 Å². The molecule has 0 atom stereocenters. The molecule has 0 aromatic heterocycles. The van der Waals surface area contributed by atoms with Gasteiger partial charge in [0.1, 0.15) is 0 Å². The Hall–Kier alpha value is -7.80. The van der Waals surface area contributed by atoms with E-state index in [9.17, 15) is 0 Å². The molecule has 0 N–H and O–H groups in total. The van der Waals surface area contributed by atoms with Crippen LogP contribution in [-0.4, -0.2) is 0 Å². The first-order chi connectivity index (χ1) is 30.6. The van der Waals surface area contributed by atoms with Crippen LogP contribution in [0.5, 0.6) is 0 Å². The van der Waals surface area contributed by atoms with Crippen LogP contribution in [0.25, 0.3) is 142 Å². The molecule has 14 rings (SSSR count). The summed E-state index contributed by atoms with van der Waals surface area (Å²) in [6, 6.07) is 74.1. The average Bonchev–Trinajstić information content (AvgIpc) is 3.64. The van der Waals surface area contributed by atoms with Gasteiger partial charge in [0.2, 0.25) is 0 Å². The summed E-state index contributed by atoms with van der Waals surface area (Å²) in [4.78, 5) is 0. The van der Waals surface area contributed by atoms with Gasteiger partial charge in [0.25, 0.3) is 0 Å². The van der Waals surface area contributed by atoms with E-state index in [1.165, 1.54) is 153 Å². The highest BCUT2D eigenvalue weighted by Gasteiger charge is 2.32. The highest BCUT2D eigenvalue weighted by atomic mass is 14.3. The highest BCUT2D eigenvalue weighted by molar-refractivity contribution is 6.37. The zero-order chi connectivity index (χ0) is 40.8. The van der Waals surface area contributed by atoms with Crippen LogP contribution in [0.3, 0.4) is 0 Å².